The summed E-state index contributed by atoms with van der Waals surface area (Å²) in [4.78, 5) is 12.7. The summed E-state index contributed by atoms with van der Waals surface area (Å²) in [6, 6.07) is 7.78. The van der Waals surface area contributed by atoms with E-state index < -0.39 is 0 Å². The van der Waals surface area contributed by atoms with Crippen LogP contribution in [0.4, 0.5) is 0 Å². The Balaban J connectivity index is 2.11. The minimum absolute atomic E-state index is 0.306. The third kappa shape index (κ3) is 1.74. The minimum Gasteiger partial charge on any atom is -0.324 e. The molecule has 3 aromatic rings. The van der Waals surface area contributed by atoms with Gasteiger partial charge in [0.25, 0.3) is 5.95 Å². The van der Waals surface area contributed by atoms with Crippen molar-refractivity contribution >= 4 is 10.9 Å². The van der Waals surface area contributed by atoms with Gasteiger partial charge in [0.1, 0.15) is 6.33 Å². The number of para-hydroxylation sites is 1. The van der Waals surface area contributed by atoms with Gasteiger partial charge in [0.05, 0.1) is 12.1 Å². The molecule has 0 amide bonds. The SMILES string of the molecule is NCc1ncn(-c2ncc3ccccc3n2)n1. The molecule has 2 heterocycles. The van der Waals surface area contributed by atoms with Crippen molar-refractivity contribution in [3.05, 3.63) is 42.6 Å². The summed E-state index contributed by atoms with van der Waals surface area (Å²) in [5, 5.41) is 5.16. The molecule has 0 radical (unpaired) electrons. The van der Waals surface area contributed by atoms with E-state index in [-0.39, 0.29) is 0 Å². The first-order valence-electron chi connectivity index (χ1n) is 5.19. The molecule has 17 heavy (non-hydrogen) atoms. The van der Waals surface area contributed by atoms with Crippen LogP contribution in [0.5, 0.6) is 0 Å². The summed E-state index contributed by atoms with van der Waals surface area (Å²) in [6.45, 7) is 0.306. The number of rotatable bonds is 2. The number of nitrogens with two attached hydrogens (primary N) is 1. The van der Waals surface area contributed by atoms with Gasteiger partial charge in [-0.05, 0) is 6.07 Å². The van der Waals surface area contributed by atoms with E-state index in [1.54, 1.807) is 12.5 Å². The van der Waals surface area contributed by atoms with Crippen LogP contribution >= 0.6 is 0 Å². The molecule has 0 aliphatic carbocycles. The Morgan fingerprint density at radius 1 is 1.18 bits per heavy atom. The Kier molecular flexibility index (Phi) is 2.27. The predicted octanol–water partition coefficient (Wildman–Crippen LogP) is 0.669. The summed E-state index contributed by atoms with van der Waals surface area (Å²) in [7, 11) is 0. The van der Waals surface area contributed by atoms with Crippen molar-refractivity contribution < 1.29 is 0 Å². The summed E-state index contributed by atoms with van der Waals surface area (Å²) in [5.41, 5.74) is 6.33. The van der Waals surface area contributed by atoms with Gasteiger partial charge < -0.3 is 5.73 Å². The second kappa shape index (κ2) is 3.91. The Bertz CT molecular complexity index is 660. The smallest absolute Gasteiger partial charge is 0.252 e. The van der Waals surface area contributed by atoms with E-state index in [0.717, 1.165) is 10.9 Å². The second-order valence-electron chi connectivity index (χ2n) is 3.54. The van der Waals surface area contributed by atoms with E-state index in [9.17, 15) is 0 Å². The van der Waals surface area contributed by atoms with Gasteiger partial charge >= 0.3 is 0 Å². The van der Waals surface area contributed by atoms with Gasteiger partial charge in [-0.3, -0.25) is 0 Å². The van der Waals surface area contributed by atoms with Crippen LogP contribution < -0.4 is 5.73 Å². The number of hydrogen-bond acceptors (Lipinski definition) is 5. The fourth-order valence-corrected chi connectivity index (χ4v) is 1.56. The normalized spacial score (nSPS) is 10.9. The van der Waals surface area contributed by atoms with Crippen LogP contribution in [0.25, 0.3) is 16.9 Å². The van der Waals surface area contributed by atoms with Crippen molar-refractivity contribution in [3.8, 4) is 5.95 Å². The molecule has 0 aliphatic heterocycles. The van der Waals surface area contributed by atoms with E-state index in [1.165, 1.54) is 4.68 Å². The maximum absolute atomic E-state index is 5.45. The third-order valence-corrected chi connectivity index (χ3v) is 2.40. The van der Waals surface area contributed by atoms with Crippen molar-refractivity contribution in [2.24, 2.45) is 5.73 Å². The molecule has 0 bridgehead atoms. The zero-order valence-electron chi connectivity index (χ0n) is 8.98. The molecule has 0 aliphatic rings. The number of hydrogen-bond donors (Lipinski definition) is 1. The Morgan fingerprint density at radius 3 is 2.88 bits per heavy atom. The summed E-state index contributed by atoms with van der Waals surface area (Å²) in [6.07, 6.45) is 3.33. The quantitative estimate of drug-likeness (QED) is 0.694. The number of benzene rings is 1. The molecule has 0 spiro atoms. The molecule has 0 unspecified atom stereocenters. The first-order chi connectivity index (χ1) is 8.36. The van der Waals surface area contributed by atoms with Crippen LogP contribution in [0.3, 0.4) is 0 Å². The average molecular weight is 226 g/mol. The number of aromatic nitrogens is 5. The molecule has 0 saturated carbocycles. The first-order valence-corrected chi connectivity index (χ1v) is 5.19. The van der Waals surface area contributed by atoms with E-state index in [0.29, 0.717) is 18.3 Å². The van der Waals surface area contributed by atoms with Crippen LogP contribution in [0.2, 0.25) is 0 Å². The van der Waals surface area contributed by atoms with Crippen molar-refractivity contribution in [1.82, 2.24) is 24.7 Å². The van der Waals surface area contributed by atoms with Gasteiger partial charge in [-0.25, -0.2) is 15.0 Å². The Morgan fingerprint density at radius 2 is 2.06 bits per heavy atom. The molecule has 0 atom stereocenters. The highest BCUT2D eigenvalue weighted by Crippen LogP contribution is 2.10. The Hall–Kier alpha value is -2.34. The molecular weight excluding hydrogens is 216 g/mol. The second-order valence-corrected chi connectivity index (χ2v) is 3.54. The van der Waals surface area contributed by atoms with E-state index >= 15 is 0 Å². The highest BCUT2D eigenvalue weighted by atomic mass is 15.4. The summed E-state index contributed by atoms with van der Waals surface area (Å²) < 4.78 is 1.52. The van der Waals surface area contributed by atoms with Gasteiger partial charge in [0, 0.05) is 11.6 Å². The van der Waals surface area contributed by atoms with E-state index in [4.69, 9.17) is 5.73 Å². The van der Waals surface area contributed by atoms with Crippen molar-refractivity contribution in [2.45, 2.75) is 6.54 Å². The Labute approximate surface area is 97.1 Å². The fraction of sp³-hybridized carbons (Fsp3) is 0.0909. The lowest BCUT2D eigenvalue weighted by Gasteiger charge is -2.00. The van der Waals surface area contributed by atoms with Crippen LogP contribution in [0.15, 0.2) is 36.8 Å². The lowest BCUT2D eigenvalue weighted by Crippen LogP contribution is -2.04. The van der Waals surface area contributed by atoms with Crippen LogP contribution in [0, 0.1) is 0 Å². The molecule has 3 rings (SSSR count). The molecule has 0 fully saturated rings. The highest BCUT2D eigenvalue weighted by molar-refractivity contribution is 5.77. The highest BCUT2D eigenvalue weighted by Gasteiger charge is 2.04. The van der Waals surface area contributed by atoms with Gasteiger partial charge in [-0.15, -0.1) is 5.10 Å². The summed E-state index contributed by atoms with van der Waals surface area (Å²) in [5.74, 6) is 1.07. The molecule has 2 aromatic heterocycles. The molecule has 6 heteroatoms. The van der Waals surface area contributed by atoms with Crippen molar-refractivity contribution in [3.63, 3.8) is 0 Å². The maximum Gasteiger partial charge on any atom is 0.252 e. The zero-order chi connectivity index (χ0) is 11.7. The first kappa shape index (κ1) is 9.86. The largest absolute Gasteiger partial charge is 0.324 e. The van der Waals surface area contributed by atoms with Crippen molar-refractivity contribution in [1.29, 1.82) is 0 Å². The lowest BCUT2D eigenvalue weighted by atomic mass is 10.2. The molecule has 2 N–H and O–H groups in total. The van der Waals surface area contributed by atoms with E-state index in [2.05, 4.69) is 20.1 Å². The van der Waals surface area contributed by atoms with Crippen LogP contribution in [-0.2, 0) is 6.54 Å². The standard InChI is InChI=1S/C11H10N6/c12-5-10-14-7-17(16-10)11-13-6-8-3-1-2-4-9(8)15-11/h1-4,6-7H,5,12H2. The molecule has 1 aromatic carbocycles. The topological polar surface area (TPSA) is 82.5 Å². The predicted molar refractivity (Wildman–Crippen MR) is 62.3 cm³/mol. The molecule has 84 valence electrons. The van der Waals surface area contributed by atoms with Gasteiger partial charge in [0.2, 0.25) is 0 Å². The lowest BCUT2D eigenvalue weighted by molar-refractivity contribution is 0.786. The monoisotopic (exact) mass is 226 g/mol. The average Bonchev–Trinajstić information content (AvgIpc) is 2.87. The zero-order valence-corrected chi connectivity index (χ0v) is 8.98. The number of nitrogens with zero attached hydrogens (tertiary/aromatic N) is 5. The molecule has 0 saturated heterocycles. The fourth-order valence-electron chi connectivity index (χ4n) is 1.56. The van der Waals surface area contributed by atoms with Gasteiger partial charge in [0.15, 0.2) is 5.82 Å². The van der Waals surface area contributed by atoms with E-state index in [1.807, 2.05) is 24.3 Å². The van der Waals surface area contributed by atoms with Gasteiger partial charge in [-0.1, -0.05) is 18.2 Å². The number of fused-ring (bicyclic) bond motifs is 1. The molecular formula is C11H10N6. The van der Waals surface area contributed by atoms with Crippen LogP contribution in [-0.4, -0.2) is 24.7 Å². The third-order valence-electron chi connectivity index (χ3n) is 2.40. The summed E-state index contributed by atoms with van der Waals surface area (Å²) >= 11 is 0. The minimum atomic E-state index is 0.306. The molecule has 6 nitrogen and oxygen atoms in total. The maximum atomic E-state index is 5.45. The van der Waals surface area contributed by atoms with Crippen molar-refractivity contribution in [2.75, 3.05) is 0 Å². The van der Waals surface area contributed by atoms with Crippen LogP contribution in [0.1, 0.15) is 5.82 Å². The van der Waals surface area contributed by atoms with Gasteiger partial charge in [-0.2, -0.15) is 4.68 Å².